The van der Waals surface area contributed by atoms with Crippen molar-refractivity contribution < 1.29 is 9.50 Å². The Kier molecular flexibility index (Phi) is 5.01. The molecule has 0 spiro atoms. The number of benzene rings is 1. The fourth-order valence-electron chi connectivity index (χ4n) is 3.13. The van der Waals surface area contributed by atoms with E-state index in [1.165, 1.54) is 31.4 Å². The second-order valence-electron chi connectivity index (χ2n) is 5.23. The zero-order chi connectivity index (χ0) is 13.1. The van der Waals surface area contributed by atoms with E-state index < -0.39 is 6.10 Å². The number of hydrogen-bond acceptors (Lipinski definition) is 1. The molecule has 1 aromatic rings. The number of halogens is 2. The maximum atomic E-state index is 13.1. The highest BCUT2D eigenvalue weighted by molar-refractivity contribution is 14.1. The Morgan fingerprint density at radius 2 is 2.11 bits per heavy atom. The zero-order valence-corrected chi connectivity index (χ0v) is 12.9. The first kappa shape index (κ1) is 14.3. The lowest BCUT2D eigenvalue weighted by Gasteiger charge is -2.34. The van der Waals surface area contributed by atoms with E-state index in [1.54, 1.807) is 6.07 Å². The molecule has 1 aliphatic carbocycles. The zero-order valence-electron chi connectivity index (χ0n) is 10.7. The minimum absolute atomic E-state index is 0.231. The van der Waals surface area contributed by atoms with E-state index in [2.05, 4.69) is 29.5 Å². The fourth-order valence-corrected chi connectivity index (χ4v) is 3.93. The first-order valence-electron chi connectivity index (χ1n) is 6.76. The van der Waals surface area contributed by atoms with Crippen LogP contribution in [0.5, 0.6) is 0 Å². The van der Waals surface area contributed by atoms with Crippen molar-refractivity contribution in [3.8, 4) is 0 Å². The lowest BCUT2D eigenvalue weighted by molar-refractivity contribution is 0.0446. The molecule has 3 heteroatoms. The normalized spacial score (nSPS) is 26.0. The first-order chi connectivity index (χ1) is 8.63. The van der Waals surface area contributed by atoms with Gasteiger partial charge in [-0.2, -0.15) is 0 Å². The van der Waals surface area contributed by atoms with Gasteiger partial charge in [0.2, 0.25) is 0 Å². The van der Waals surface area contributed by atoms with Crippen molar-refractivity contribution in [1.29, 1.82) is 0 Å². The van der Waals surface area contributed by atoms with Crippen molar-refractivity contribution in [2.45, 2.75) is 45.1 Å². The standard InChI is InChI=1S/C15H20FIO/c1-2-10-5-3-4-6-12(10)15(18)13-8-7-11(16)9-14(13)17/h7-10,12,15,18H,2-6H2,1H3. The molecule has 0 amide bonds. The maximum absolute atomic E-state index is 13.1. The van der Waals surface area contributed by atoms with Gasteiger partial charge < -0.3 is 5.11 Å². The van der Waals surface area contributed by atoms with Crippen LogP contribution in [0.4, 0.5) is 4.39 Å². The van der Waals surface area contributed by atoms with E-state index in [0.717, 1.165) is 22.0 Å². The quantitative estimate of drug-likeness (QED) is 0.775. The van der Waals surface area contributed by atoms with Gasteiger partial charge in [0.25, 0.3) is 0 Å². The Morgan fingerprint density at radius 3 is 2.78 bits per heavy atom. The SMILES string of the molecule is CCC1CCCCC1C(O)c1ccc(F)cc1I. The van der Waals surface area contributed by atoms with Gasteiger partial charge in [0.05, 0.1) is 6.10 Å². The second kappa shape index (κ2) is 6.33. The third-order valence-corrected chi connectivity index (χ3v) is 5.11. The van der Waals surface area contributed by atoms with Crippen LogP contribution < -0.4 is 0 Å². The summed E-state index contributed by atoms with van der Waals surface area (Å²) in [6, 6.07) is 4.69. The van der Waals surface area contributed by atoms with E-state index in [-0.39, 0.29) is 5.82 Å². The van der Waals surface area contributed by atoms with Crippen molar-refractivity contribution >= 4 is 22.6 Å². The van der Waals surface area contributed by atoms with E-state index >= 15 is 0 Å². The van der Waals surface area contributed by atoms with Crippen LogP contribution in [0, 0.1) is 21.2 Å². The summed E-state index contributed by atoms with van der Waals surface area (Å²) >= 11 is 2.12. The molecule has 0 aromatic heterocycles. The van der Waals surface area contributed by atoms with E-state index in [4.69, 9.17) is 0 Å². The van der Waals surface area contributed by atoms with Crippen molar-refractivity contribution in [3.05, 3.63) is 33.1 Å². The number of hydrogen-bond donors (Lipinski definition) is 1. The number of aliphatic hydroxyl groups is 1. The van der Waals surface area contributed by atoms with E-state index in [1.807, 2.05) is 0 Å². The third kappa shape index (κ3) is 3.05. The number of aliphatic hydroxyl groups excluding tert-OH is 1. The summed E-state index contributed by atoms with van der Waals surface area (Å²) in [5.74, 6) is 0.711. The molecule has 1 aliphatic rings. The largest absolute Gasteiger partial charge is 0.388 e. The first-order valence-corrected chi connectivity index (χ1v) is 7.84. The van der Waals surface area contributed by atoms with Gasteiger partial charge in [-0.1, -0.05) is 38.7 Å². The van der Waals surface area contributed by atoms with Crippen LogP contribution in [0.25, 0.3) is 0 Å². The average molecular weight is 362 g/mol. The molecular weight excluding hydrogens is 342 g/mol. The highest BCUT2D eigenvalue weighted by Gasteiger charge is 2.31. The summed E-state index contributed by atoms with van der Waals surface area (Å²) < 4.78 is 13.9. The lowest BCUT2D eigenvalue weighted by atomic mass is 9.73. The molecule has 3 unspecified atom stereocenters. The van der Waals surface area contributed by atoms with Gasteiger partial charge in [0, 0.05) is 3.57 Å². The molecule has 100 valence electrons. The summed E-state index contributed by atoms with van der Waals surface area (Å²) in [6.45, 7) is 2.20. The topological polar surface area (TPSA) is 20.2 Å². The summed E-state index contributed by atoms with van der Waals surface area (Å²) in [7, 11) is 0. The van der Waals surface area contributed by atoms with Crippen LogP contribution in [-0.2, 0) is 0 Å². The maximum Gasteiger partial charge on any atom is 0.124 e. The van der Waals surface area contributed by atoms with Crippen LogP contribution >= 0.6 is 22.6 Å². The molecule has 0 radical (unpaired) electrons. The molecule has 0 bridgehead atoms. The Morgan fingerprint density at radius 1 is 1.39 bits per heavy atom. The van der Waals surface area contributed by atoms with E-state index in [9.17, 15) is 9.50 Å². The highest BCUT2D eigenvalue weighted by Crippen LogP contribution is 2.41. The van der Waals surface area contributed by atoms with Crippen molar-refractivity contribution in [2.75, 3.05) is 0 Å². The van der Waals surface area contributed by atoms with Gasteiger partial charge in [-0.15, -0.1) is 0 Å². The average Bonchev–Trinajstić information content (AvgIpc) is 2.38. The van der Waals surface area contributed by atoms with Gasteiger partial charge in [-0.25, -0.2) is 4.39 Å². The Labute approximate surface area is 122 Å². The van der Waals surface area contributed by atoms with Crippen LogP contribution in [0.15, 0.2) is 18.2 Å². The lowest BCUT2D eigenvalue weighted by Crippen LogP contribution is -2.25. The summed E-state index contributed by atoms with van der Waals surface area (Å²) in [6.07, 6.45) is 5.48. The molecular formula is C15H20FIO. The van der Waals surface area contributed by atoms with Gasteiger partial charge >= 0.3 is 0 Å². The molecule has 1 saturated carbocycles. The Bertz CT molecular complexity index is 407. The number of rotatable bonds is 3. The monoisotopic (exact) mass is 362 g/mol. The Hall–Kier alpha value is -0.160. The smallest absolute Gasteiger partial charge is 0.124 e. The molecule has 0 heterocycles. The van der Waals surface area contributed by atoms with Crippen LogP contribution in [-0.4, -0.2) is 5.11 Å². The third-order valence-electron chi connectivity index (χ3n) is 4.18. The molecule has 0 aliphatic heterocycles. The summed E-state index contributed by atoms with van der Waals surface area (Å²) in [5.41, 5.74) is 0.891. The molecule has 0 saturated heterocycles. The molecule has 1 aromatic carbocycles. The minimum atomic E-state index is -0.442. The summed E-state index contributed by atoms with van der Waals surface area (Å²) in [5, 5.41) is 10.6. The van der Waals surface area contributed by atoms with Crippen molar-refractivity contribution in [2.24, 2.45) is 11.8 Å². The molecule has 2 rings (SSSR count). The molecule has 18 heavy (non-hydrogen) atoms. The van der Waals surface area contributed by atoms with Crippen molar-refractivity contribution in [3.63, 3.8) is 0 Å². The minimum Gasteiger partial charge on any atom is -0.388 e. The van der Waals surface area contributed by atoms with Crippen LogP contribution in [0.3, 0.4) is 0 Å². The van der Waals surface area contributed by atoms with Crippen molar-refractivity contribution in [1.82, 2.24) is 0 Å². The van der Waals surface area contributed by atoms with Gasteiger partial charge in [0.15, 0.2) is 0 Å². The predicted molar refractivity (Wildman–Crippen MR) is 79.8 cm³/mol. The summed E-state index contributed by atoms with van der Waals surface area (Å²) in [4.78, 5) is 0. The van der Waals surface area contributed by atoms with Gasteiger partial charge in [-0.3, -0.25) is 0 Å². The second-order valence-corrected chi connectivity index (χ2v) is 6.39. The predicted octanol–water partition coefficient (Wildman–Crippen LogP) is 4.68. The molecule has 3 atom stereocenters. The van der Waals surface area contributed by atoms with Crippen LogP contribution in [0.2, 0.25) is 0 Å². The van der Waals surface area contributed by atoms with Crippen LogP contribution in [0.1, 0.15) is 50.7 Å². The molecule has 1 fully saturated rings. The molecule has 1 N–H and O–H groups in total. The van der Waals surface area contributed by atoms with Gasteiger partial charge in [0.1, 0.15) is 5.82 Å². The fraction of sp³-hybridized carbons (Fsp3) is 0.600. The van der Waals surface area contributed by atoms with Gasteiger partial charge in [-0.05, 0) is 58.5 Å². The molecule has 1 nitrogen and oxygen atoms in total. The highest BCUT2D eigenvalue weighted by atomic mass is 127. The Balaban J connectivity index is 2.20. The van der Waals surface area contributed by atoms with E-state index in [0.29, 0.717) is 11.8 Å².